The van der Waals surface area contributed by atoms with Crippen LogP contribution < -0.4 is 9.62 Å². The van der Waals surface area contributed by atoms with Gasteiger partial charge in [0.15, 0.2) is 0 Å². The van der Waals surface area contributed by atoms with Crippen LogP contribution in [0.2, 0.25) is 5.02 Å². The Morgan fingerprint density at radius 2 is 1.70 bits per heavy atom. The monoisotopic (exact) mass is 487 g/mol. The molecule has 1 aliphatic rings. The summed E-state index contributed by atoms with van der Waals surface area (Å²) in [5.41, 5.74) is 2.35. The highest BCUT2D eigenvalue weighted by Crippen LogP contribution is 2.26. The molecule has 33 heavy (non-hydrogen) atoms. The van der Waals surface area contributed by atoms with Crippen molar-refractivity contribution in [1.82, 2.24) is 4.90 Å². The molecule has 1 N–H and O–H groups in total. The van der Waals surface area contributed by atoms with Gasteiger partial charge in [-0.15, -0.1) is 0 Å². The van der Waals surface area contributed by atoms with E-state index in [-0.39, 0.29) is 22.5 Å². The van der Waals surface area contributed by atoms with Gasteiger partial charge in [-0.05, 0) is 55.8 Å². The van der Waals surface area contributed by atoms with Gasteiger partial charge in [-0.2, -0.15) is 0 Å². The van der Waals surface area contributed by atoms with E-state index < -0.39 is 15.8 Å². The van der Waals surface area contributed by atoms with E-state index in [0.717, 1.165) is 12.0 Å². The highest BCUT2D eigenvalue weighted by atomic mass is 35.5. The number of nitrogens with one attached hydrogen (secondary N) is 1. The Labute approximate surface area is 197 Å². The summed E-state index contributed by atoms with van der Waals surface area (Å²) in [6.07, 6.45) is 0.718. The minimum atomic E-state index is -3.71. The largest absolute Gasteiger partial charge is 0.324 e. The third-order valence-electron chi connectivity index (χ3n) is 5.47. The Balaban J connectivity index is 1.47. The molecule has 1 saturated heterocycles. The summed E-state index contributed by atoms with van der Waals surface area (Å²) < 4.78 is 42.0. The third-order valence-corrected chi connectivity index (χ3v) is 7.16. The van der Waals surface area contributed by atoms with Crippen molar-refractivity contribution in [2.75, 3.05) is 22.7 Å². The number of carbonyl (C=O) groups is 1. The van der Waals surface area contributed by atoms with Gasteiger partial charge in [0.2, 0.25) is 0 Å². The Hall–Kier alpha value is -3.10. The summed E-state index contributed by atoms with van der Waals surface area (Å²) in [6, 6.07) is 17.7. The van der Waals surface area contributed by atoms with E-state index in [9.17, 15) is 17.6 Å². The van der Waals surface area contributed by atoms with Gasteiger partial charge in [0, 0.05) is 30.0 Å². The summed E-state index contributed by atoms with van der Waals surface area (Å²) in [4.78, 5) is 16.4. The maximum Gasteiger partial charge on any atom is 0.324 e. The number of aryl methyl sites for hydroxylation is 1. The quantitative estimate of drug-likeness (QED) is 0.504. The molecule has 0 bridgehead atoms. The van der Waals surface area contributed by atoms with Crippen LogP contribution in [0.15, 0.2) is 71.6 Å². The van der Waals surface area contributed by atoms with E-state index in [4.69, 9.17) is 11.6 Å². The SMILES string of the molecule is Cc1ccc(S(=O)(=O)Nc2ccc(N3CCCN(Cc4cccc(Cl)c4F)C3=O)cc2)cc1. The Morgan fingerprint density at radius 3 is 2.39 bits per heavy atom. The number of benzene rings is 3. The van der Waals surface area contributed by atoms with E-state index in [1.165, 1.54) is 6.07 Å². The third kappa shape index (κ3) is 5.12. The number of sulfonamides is 1. The van der Waals surface area contributed by atoms with Crippen LogP contribution in [0.5, 0.6) is 0 Å². The highest BCUT2D eigenvalue weighted by molar-refractivity contribution is 7.92. The molecule has 1 heterocycles. The number of carbonyl (C=O) groups excluding carboxylic acids is 1. The molecule has 172 valence electrons. The molecule has 2 amide bonds. The lowest BCUT2D eigenvalue weighted by atomic mass is 10.1. The van der Waals surface area contributed by atoms with Crippen molar-refractivity contribution in [1.29, 1.82) is 0 Å². The van der Waals surface area contributed by atoms with E-state index >= 15 is 0 Å². The second-order valence-electron chi connectivity index (χ2n) is 7.89. The van der Waals surface area contributed by atoms with Crippen LogP contribution in [0.25, 0.3) is 0 Å². The predicted octanol–water partition coefficient (Wildman–Crippen LogP) is 5.42. The normalized spacial score (nSPS) is 14.5. The fourth-order valence-corrected chi connectivity index (χ4v) is 4.94. The molecule has 0 aliphatic carbocycles. The standard InChI is InChI=1S/C24H23ClFN3O3S/c1-17-6-12-21(13-7-17)33(31,32)27-19-8-10-20(11-9-19)29-15-3-14-28(24(29)30)16-18-4-2-5-22(25)23(18)26/h2,4-13,27H,3,14-16H2,1H3. The molecular weight excluding hydrogens is 465 g/mol. The lowest BCUT2D eigenvalue weighted by Crippen LogP contribution is -2.49. The van der Waals surface area contributed by atoms with Gasteiger partial charge in [0.25, 0.3) is 10.0 Å². The van der Waals surface area contributed by atoms with Crippen molar-refractivity contribution < 1.29 is 17.6 Å². The Morgan fingerprint density at radius 1 is 1.00 bits per heavy atom. The number of anilines is 2. The smallest absolute Gasteiger partial charge is 0.320 e. The minimum absolute atomic E-state index is 0.0255. The molecule has 0 saturated carbocycles. The number of hydrogen-bond donors (Lipinski definition) is 1. The van der Waals surface area contributed by atoms with Crippen LogP contribution >= 0.6 is 11.6 Å². The van der Waals surface area contributed by atoms with Crippen molar-refractivity contribution in [2.45, 2.75) is 24.8 Å². The van der Waals surface area contributed by atoms with Crippen LogP contribution in [0.3, 0.4) is 0 Å². The average Bonchev–Trinajstić information content (AvgIpc) is 2.79. The maximum absolute atomic E-state index is 14.3. The number of rotatable bonds is 6. The summed E-state index contributed by atoms with van der Waals surface area (Å²) in [5.74, 6) is -0.519. The van der Waals surface area contributed by atoms with Gasteiger partial charge < -0.3 is 4.90 Å². The van der Waals surface area contributed by atoms with Gasteiger partial charge in [-0.1, -0.05) is 41.4 Å². The second-order valence-corrected chi connectivity index (χ2v) is 9.98. The average molecular weight is 488 g/mol. The van der Waals surface area contributed by atoms with Crippen LogP contribution in [0, 0.1) is 12.7 Å². The van der Waals surface area contributed by atoms with E-state index in [1.54, 1.807) is 70.5 Å². The van der Waals surface area contributed by atoms with Gasteiger partial charge in [-0.3, -0.25) is 9.62 Å². The molecule has 1 aliphatic heterocycles. The Bertz CT molecular complexity index is 1270. The molecule has 0 atom stereocenters. The molecule has 3 aromatic rings. The lowest BCUT2D eigenvalue weighted by molar-refractivity contribution is 0.192. The van der Waals surface area contributed by atoms with Crippen molar-refractivity contribution in [2.24, 2.45) is 0 Å². The molecular formula is C24H23ClFN3O3S. The number of amides is 2. The van der Waals surface area contributed by atoms with Crippen LogP contribution in [0.4, 0.5) is 20.6 Å². The molecule has 4 rings (SSSR count). The first kappa shape index (κ1) is 23.1. The lowest BCUT2D eigenvalue weighted by Gasteiger charge is -2.35. The van der Waals surface area contributed by atoms with Gasteiger partial charge in [0.1, 0.15) is 5.82 Å². The predicted molar refractivity (Wildman–Crippen MR) is 128 cm³/mol. The fraction of sp³-hybridized carbons (Fsp3) is 0.208. The van der Waals surface area contributed by atoms with Crippen LogP contribution in [0.1, 0.15) is 17.5 Å². The summed E-state index contributed by atoms with van der Waals surface area (Å²) in [6.45, 7) is 3.03. The summed E-state index contributed by atoms with van der Waals surface area (Å²) in [7, 11) is -3.71. The van der Waals surface area contributed by atoms with Crippen molar-refractivity contribution >= 4 is 39.0 Å². The van der Waals surface area contributed by atoms with Crippen molar-refractivity contribution in [3.05, 3.63) is 88.7 Å². The van der Waals surface area contributed by atoms with E-state index in [2.05, 4.69) is 4.72 Å². The van der Waals surface area contributed by atoms with E-state index in [1.807, 2.05) is 6.92 Å². The fourth-order valence-electron chi connectivity index (χ4n) is 3.69. The second kappa shape index (κ2) is 9.41. The Kier molecular flexibility index (Phi) is 6.58. The van der Waals surface area contributed by atoms with Crippen molar-refractivity contribution in [3.63, 3.8) is 0 Å². The summed E-state index contributed by atoms with van der Waals surface area (Å²) in [5, 5.41) is 0.0255. The molecule has 3 aromatic carbocycles. The minimum Gasteiger partial charge on any atom is -0.320 e. The number of hydrogen-bond acceptors (Lipinski definition) is 3. The number of urea groups is 1. The maximum atomic E-state index is 14.3. The number of nitrogens with zero attached hydrogens (tertiary/aromatic N) is 2. The zero-order valence-electron chi connectivity index (χ0n) is 18.0. The van der Waals surface area contributed by atoms with Gasteiger partial charge >= 0.3 is 6.03 Å². The zero-order chi connectivity index (χ0) is 23.6. The molecule has 0 aromatic heterocycles. The topological polar surface area (TPSA) is 69.7 Å². The van der Waals surface area contributed by atoms with Crippen LogP contribution in [-0.4, -0.2) is 32.4 Å². The molecule has 0 radical (unpaired) electrons. The first-order valence-corrected chi connectivity index (χ1v) is 12.3. The highest BCUT2D eigenvalue weighted by Gasteiger charge is 2.27. The molecule has 9 heteroatoms. The molecule has 0 spiro atoms. The van der Waals surface area contributed by atoms with Gasteiger partial charge in [-0.25, -0.2) is 17.6 Å². The first-order chi connectivity index (χ1) is 15.7. The molecule has 1 fully saturated rings. The molecule has 0 unspecified atom stereocenters. The zero-order valence-corrected chi connectivity index (χ0v) is 19.5. The first-order valence-electron chi connectivity index (χ1n) is 10.4. The number of halogens is 2. The summed E-state index contributed by atoms with van der Waals surface area (Å²) >= 11 is 5.86. The van der Waals surface area contributed by atoms with E-state index in [0.29, 0.717) is 30.0 Å². The van der Waals surface area contributed by atoms with Crippen LogP contribution in [-0.2, 0) is 16.6 Å². The van der Waals surface area contributed by atoms with Crippen molar-refractivity contribution in [3.8, 4) is 0 Å². The molecule has 6 nitrogen and oxygen atoms in total. The van der Waals surface area contributed by atoms with Gasteiger partial charge in [0.05, 0.1) is 16.5 Å².